The molecule has 57 heavy (non-hydrogen) atoms. The maximum atomic E-state index is 6.61. The van der Waals surface area contributed by atoms with Crippen LogP contribution >= 0.6 is 0 Å². The van der Waals surface area contributed by atoms with Gasteiger partial charge < -0.3 is 13.4 Å². The number of benzene rings is 8. The fraction of sp³-hybridized carbons (Fsp3) is 0.0196. The predicted molar refractivity (Wildman–Crippen MR) is 231 cm³/mol. The third kappa shape index (κ3) is 5.08. The Labute approximate surface area is 326 Å². The quantitative estimate of drug-likeness (QED) is 0.191. The van der Waals surface area contributed by atoms with Crippen LogP contribution in [0.4, 0.5) is 0 Å². The van der Waals surface area contributed by atoms with E-state index < -0.39 is 0 Å². The predicted octanol–water partition coefficient (Wildman–Crippen LogP) is 11.7. The molecule has 0 aliphatic carbocycles. The largest absolute Gasteiger partial charge is 0.456 e. The molecule has 4 heterocycles. The number of para-hydroxylation sites is 2. The minimum absolute atomic E-state index is 0.219. The standard InChI is InChI=1S/C51H32N4O2/c1-3-12-31(13-4-1)49-52-50(32-14-5-2-6-15-32)54-51(53-49)34-22-25-39-41-28-33(23-27-44(41)56-46(39)29-34)36-18-11-21-45-48(36)40-26-24-35(30-47(40)57-45)55-42-19-9-7-16-37(42)38-17-8-10-20-43(38)55/h1-30,51H,(H,52,53,54)/p+1. The van der Waals surface area contributed by atoms with Gasteiger partial charge in [0, 0.05) is 55.2 Å². The van der Waals surface area contributed by atoms with Gasteiger partial charge in [0.05, 0.1) is 16.6 Å². The summed E-state index contributed by atoms with van der Waals surface area (Å²) in [5, 5.41) is 8.95. The van der Waals surface area contributed by atoms with E-state index in [-0.39, 0.29) is 6.17 Å². The lowest BCUT2D eigenvalue weighted by Crippen LogP contribution is -2.90. The first-order valence-electron chi connectivity index (χ1n) is 19.3. The first kappa shape index (κ1) is 31.8. The zero-order valence-corrected chi connectivity index (χ0v) is 30.6. The van der Waals surface area contributed by atoms with Crippen LogP contribution in [-0.4, -0.2) is 16.2 Å². The average Bonchev–Trinajstić information content (AvgIpc) is 3.95. The Morgan fingerprint density at radius 1 is 0.456 bits per heavy atom. The van der Waals surface area contributed by atoms with E-state index in [2.05, 4.69) is 155 Å². The summed E-state index contributed by atoms with van der Waals surface area (Å²) in [7, 11) is 0. The topological polar surface area (TPSA) is 72.5 Å². The van der Waals surface area contributed by atoms with Crippen molar-refractivity contribution in [2.24, 2.45) is 9.98 Å². The van der Waals surface area contributed by atoms with Gasteiger partial charge in [0.2, 0.25) is 12.0 Å². The minimum Gasteiger partial charge on any atom is -0.456 e. The Kier molecular flexibility index (Phi) is 6.97. The number of nitrogens with two attached hydrogens (primary N) is 1. The summed E-state index contributed by atoms with van der Waals surface area (Å²) < 4.78 is 15.5. The lowest BCUT2D eigenvalue weighted by Gasteiger charge is -2.19. The van der Waals surface area contributed by atoms with E-state index in [4.69, 9.17) is 18.8 Å². The molecule has 6 heteroatoms. The molecule has 0 amide bonds. The van der Waals surface area contributed by atoms with Crippen LogP contribution in [-0.2, 0) is 0 Å². The van der Waals surface area contributed by atoms with Crippen molar-refractivity contribution in [1.29, 1.82) is 0 Å². The molecule has 268 valence electrons. The molecule has 1 unspecified atom stereocenters. The summed E-state index contributed by atoms with van der Waals surface area (Å²) in [5.74, 6) is 1.63. The fourth-order valence-corrected chi connectivity index (χ4v) is 8.71. The van der Waals surface area contributed by atoms with Crippen LogP contribution in [0.25, 0.3) is 82.5 Å². The lowest BCUT2D eigenvalue weighted by atomic mass is 9.97. The summed E-state index contributed by atoms with van der Waals surface area (Å²) in [6.45, 7) is 0. The van der Waals surface area contributed by atoms with E-state index in [0.29, 0.717) is 0 Å². The molecule has 0 saturated carbocycles. The van der Waals surface area contributed by atoms with E-state index in [0.717, 1.165) is 89.1 Å². The van der Waals surface area contributed by atoms with Crippen molar-refractivity contribution in [1.82, 2.24) is 4.57 Å². The zero-order valence-electron chi connectivity index (χ0n) is 30.6. The second-order valence-corrected chi connectivity index (χ2v) is 14.7. The van der Waals surface area contributed by atoms with Crippen LogP contribution in [0.1, 0.15) is 22.9 Å². The number of furan rings is 2. The van der Waals surface area contributed by atoms with Gasteiger partial charge in [-0.1, -0.05) is 109 Å². The second-order valence-electron chi connectivity index (χ2n) is 14.7. The molecular formula is C51H33N4O2+. The summed E-state index contributed by atoms with van der Waals surface area (Å²) in [5.41, 5.74) is 12.2. The Bertz CT molecular complexity index is 3390. The van der Waals surface area contributed by atoms with Crippen molar-refractivity contribution in [3.63, 3.8) is 0 Å². The van der Waals surface area contributed by atoms with Crippen molar-refractivity contribution in [2.75, 3.05) is 0 Å². The Balaban J connectivity index is 0.938. The van der Waals surface area contributed by atoms with Gasteiger partial charge in [0.15, 0.2) is 5.84 Å². The van der Waals surface area contributed by atoms with Crippen molar-refractivity contribution in [2.45, 2.75) is 6.17 Å². The van der Waals surface area contributed by atoms with E-state index in [1.807, 2.05) is 36.4 Å². The van der Waals surface area contributed by atoms with E-state index in [1.54, 1.807) is 0 Å². The third-order valence-corrected chi connectivity index (χ3v) is 11.4. The van der Waals surface area contributed by atoms with Gasteiger partial charge in [0.1, 0.15) is 22.3 Å². The van der Waals surface area contributed by atoms with Crippen LogP contribution in [0.5, 0.6) is 0 Å². The van der Waals surface area contributed by atoms with Crippen LogP contribution in [0.15, 0.2) is 201 Å². The molecule has 1 aliphatic heterocycles. The number of hydrogen-bond acceptors (Lipinski definition) is 4. The molecule has 11 aromatic rings. The van der Waals surface area contributed by atoms with E-state index in [1.165, 1.54) is 21.8 Å². The summed E-state index contributed by atoms with van der Waals surface area (Å²) >= 11 is 0. The van der Waals surface area contributed by atoms with Gasteiger partial charge in [0.25, 0.3) is 0 Å². The number of amidine groups is 2. The minimum atomic E-state index is -0.219. The number of fused-ring (bicyclic) bond motifs is 9. The Morgan fingerprint density at radius 3 is 1.93 bits per heavy atom. The lowest BCUT2D eigenvalue weighted by molar-refractivity contribution is -0.586. The number of nitrogens with zero attached hydrogens (tertiary/aromatic N) is 3. The number of quaternary nitrogens is 1. The van der Waals surface area contributed by atoms with Gasteiger partial charge in [-0.15, -0.1) is 0 Å². The fourth-order valence-electron chi connectivity index (χ4n) is 8.71. The second kappa shape index (κ2) is 12.5. The van der Waals surface area contributed by atoms with Crippen LogP contribution < -0.4 is 5.32 Å². The van der Waals surface area contributed by atoms with Crippen molar-refractivity contribution < 1.29 is 14.2 Å². The van der Waals surface area contributed by atoms with Crippen LogP contribution in [0.2, 0.25) is 0 Å². The maximum Gasteiger partial charge on any atom is 0.235 e. The van der Waals surface area contributed by atoms with Gasteiger partial charge in [-0.25, -0.2) is 4.99 Å². The van der Waals surface area contributed by atoms with Crippen LogP contribution in [0, 0.1) is 0 Å². The van der Waals surface area contributed by atoms with Gasteiger partial charge in [-0.2, -0.15) is 4.99 Å². The molecule has 0 radical (unpaired) electrons. The van der Waals surface area contributed by atoms with Crippen molar-refractivity contribution in [3.05, 3.63) is 199 Å². The highest BCUT2D eigenvalue weighted by atomic mass is 16.3. The maximum absolute atomic E-state index is 6.61. The first-order chi connectivity index (χ1) is 28.2. The van der Waals surface area contributed by atoms with Gasteiger partial charge in [-0.05, 0) is 77.9 Å². The summed E-state index contributed by atoms with van der Waals surface area (Å²) in [6, 6.07) is 63.6. The van der Waals surface area contributed by atoms with Crippen LogP contribution in [0.3, 0.4) is 0 Å². The summed E-state index contributed by atoms with van der Waals surface area (Å²) in [4.78, 5) is 10.1. The highest BCUT2D eigenvalue weighted by molar-refractivity contribution is 6.15. The van der Waals surface area contributed by atoms with Crippen molar-refractivity contribution >= 4 is 77.4 Å². The molecule has 1 aliphatic rings. The number of aromatic nitrogens is 1. The molecule has 0 bridgehead atoms. The molecular weight excluding hydrogens is 701 g/mol. The number of hydrogen-bond donors (Lipinski definition) is 1. The van der Waals surface area contributed by atoms with E-state index >= 15 is 0 Å². The third-order valence-electron chi connectivity index (χ3n) is 11.4. The normalized spacial score (nSPS) is 14.6. The first-order valence-corrected chi connectivity index (χ1v) is 19.3. The molecule has 0 fully saturated rings. The smallest absolute Gasteiger partial charge is 0.235 e. The number of rotatable bonds is 5. The highest BCUT2D eigenvalue weighted by Gasteiger charge is 2.26. The molecule has 0 spiro atoms. The molecule has 3 aromatic heterocycles. The molecule has 12 rings (SSSR count). The molecule has 8 aromatic carbocycles. The average molecular weight is 734 g/mol. The molecule has 6 nitrogen and oxygen atoms in total. The van der Waals surface area contributed by atoms with Crippen molar-refractivity contribution in [3.8, 4) is 16.8 Å². The monoisotopic (exact) mass is 733 g/mol. The van der Waals surface area contributed by atoms with Gasteiger partial charge >= 0.3 is 0 Å². The molecule has 2 N–H and O–H groups in total. The molecule has 0 saturated heterocycles. The van der Waals surface area contributed by atoms with Gasteiger partial charge in [-0.3, -0.25) is 5.32 Å². The Hall–Kier alpha value is -7.54. The highest BCUT2D eigenvalue weighted by Crippen LogP contribution is 2.41. The summed E-state index contributed by atoms with van der Waals surface area (Å²) in [6.07, 6.45) is -0.219. The Morgan fingerprint density at radius 2 is 1.14 bits per heavy atom. The molecule has 1 atom stereocenters. The number of aliphatic imine (C=N–C) groups is 2. The SMILES string of the molecule is c1ccc(C2=NC(c3ccc4c(c3)oc3ccc(-c5cccc6oc7cc(-n8c9ccccc9c9ccccc98)ccc7c56)cc34)[NH2+]C(c3ccccc3)=N2)cc1. The van der Waals surface area contributed by atoms with E-state index in [9.17, 15) is 0 Å². The zero-order chi connectivity index (χ0) is 37.5.